The maximum absolute atomic E-state index is 12.9. The molecule has 0 aliphatic carbocycles. The van der Waals surface area contributed by atoms with Crippen LogP contribution in [0.15, 0.2) is 30.3 Å². The van der Waals surface area contributed by atoms with E-state index in [1.807, 2.05) is 0 Å². The number of alkyl halides is 3. The Morgan fingerprint density at radius 1 is 1.11 bits per heavy atom. The Morgan fingerprint density at radius 2 is 1.61 bits per heavy atom. The number of esters is 1. The summed E-state index contributed by atoms with van der Waals surface area (Å²) < 4.78 is 43.6. The number of carbonyl (C=O) groups is 1. The predicted octanol–water partition coefficient (Wildman–Crippen LogP) is 3.67. The van der Waals surface area contributed by atoms with Crippen LogP contribution >= 0.6 is 0 Å². The van der Waals surface area contributed by atoms with Gasteiger partial charge in [-0.25, -0.2) is 0 Å². The van der Waals surface area contributed by atoms with Gasteiger partial charge in [0.25, 0.3) is 0 Å². The molecule has 0 saturated carbocycles. The SMILES string of the molecule is CC(C)(C)OC(=O)[C@@H](c1ccccc1)C(F)(F)F. The minimum absolute atomic E-state index is 0.112. The van der Waals surface area contributed by atoms with Crippen molar-refractivity contribution in [3.05, 3.63) is 35.9 Å². The van der Waals surface area contributed by atoms with Crippen molar-refractivity contribution in [2.75, 3.05) is 0 Å². The third-order valence-corrected chi connectivity index (χ3v) is 2.10. The van der Waals surface area contributed by atoms with Gasteiger partial charge in [0.1, 0.15) is 5.60 Å². The number of hydrogen-bond donors (Lipinski definition) is 0. The lowest BCUT2D eigenvalue weighted by atomic mass is 9.98. The Hall–Kier alpha value is -1.52. The minimum atomic E-state index is -4.66. The molecule has 0 spiro atoms. The summed E-state index contributed by atoms with van der Waals surface area (Å²) >= 11 is 0. The molecular weight excluding hydrogens is 245 g/mol. The lowest BCUT2D eigenvalue weighted by Crippen LogP contribution is -2.35. The molecule has 1 aromatic carbocycles. The van der Waals surface area contributed by atoms with E-state index in [-0.39, 0.29) is 5.56 Å². The Labute approximate surface area is 104 Å². The molecule has 0 heterocycles. The number of hydrogen-bond acceptors (Lipinski definition) is 2. The molecular formula is C13H15F3O2. The highest BCUT2D eigenvalue weighted by Gasteiger charge is 2.47. The molecule has 18 heavy (non-hydrogen) atoms. The van der Waals surface area contributed by atoms with E-state index < -0.39 is 23.7 Å². The quantitative estimate of drug-likeness (QED) is 0.758. The van der Waals surface area contributed by atoms with Crippen molar-refractivity contribution >= 4 is 5.97 Å². The van der Waals surface area contributed by atoms with E-state index in [0.29, 0.717) is 0 Å². The van der Waals surface area contributed by atoms with Gasteiger partial charge in [0, 0.05) is 0 Å². The highest BCUT2D eigenvalue weighted by Crippen LogP contribution is 2.36. The molecule has 2 nitrogen and oxygen atoms in total. The smallest absolute Gasteiger partial charge is 0.406 e. The normalized spacial score (nSPS) is 14.1. The van der Waals surface area contributed by atoms with Crippen LogP contribution in [0.3, 0.4) is 0 Å². The zero-order chi connectivity index (χ0) is 14.0. The third-order valence-electron chi connectivity index (χ3n) is 2.10. The van der Waals surface area contributed by atoms with Crippen LogP contribution in [0.4, 0.5) is 13.2 Å². The summed E-state index contributed by atoms with van der Waals surface area (Å²) in [6.07, 6.45) is -4.66. The van der Waals surface area contributed by atoms with E-state index in [2.05, 4.69) is 0 Å². The van der Waals surface area contributed by atoms with Gasteiger partial charge in [-0.3, -0.25) is 4.79 Å². The summed E-state index contributed by atoms with van der Waals surface area (Å²) in [6.45, 7) is 4.59. The number of rotatable bonds is 2. The van der Waals surface area contributed by atoms with Crippen LogP contribution in [0.25, 0.3) is 0 Å². The molecule has 5 heteroatoms. The van der Waals surface area contributed by atoms with Crippen LogP contribution < -0.4 is 0 Å². The molecule has 100 valence electrons. The highest BCUT2D eigenvalue weighted by atomic mass is 19.4. The monoisotopic (exact) mass is 260 g/mol. The number of benzene rings is 1. The molecule has 0 unspecified atom stereocenters. The molecule has 1 rings (SSSR count). The van der Waals surface area contributed by atoms with Crippen molar-refractivity contribution in [3.63, 3.8) is 0 Å². The zero-order valence-electron chi connectivity index (χ0n) is 10.4. The van der Waals surface area contributed by atoms with Crippen molar-refractivity contribution in [1.29, 1.82) is 0 Å². The van der Waals surface area contributed by atoms with Crippen LogP contribution in [0.1, 0.15) is 32.3 Å². The molecule has 0 bridgehead atoms. The highest BCUT2D eigenvalue weighted by molar-refractivity contribution is 5.79. The Kier molecular flexibility index (Phi) is 4.04. The minimum Gasteiger partial charge on any atom is -0.459 e. The van der Waals surface area contributed by atoms with Gasteiger partial charge >= 0.3 is 12.1 Å². The van der Waals surface area contributed by atoms with E-state index >= 15 is 0 Å². The Bertz CT molecular complexity index is 404. The van der Waals surface area contributed by atoms with E-state index in [1.54, 1.807) is 6.07 Å². The molecule has 0 radical (unpaired) electrons. The molecule has 0 aliphatic rings. The number of ether oxygens (including phenoxy) is 1. The fourth-order valence-electron chi connectivity index (χ4n) is 1.46. The zero-order valence-corrected chi connectivity index (χ0v) is 10.4. The van der Waals surface area contributed by atoms with Crippen LogP contribution in [-0.4, -0.2) is 17.7 Å². The largest absolute Gasteiger partial charge is 0.459 e. The van der Waals surface area contributed by atoms with Crippen LogP contribution in [0, 0.1) is 0 Å². The summed E-state index contributed by atoms with van der Waals surface area (Å²) in [5.41, 5.74) is -1.06. The fraction of sp³-hybridized carbons (Fsp3) is 0.462. The number of carbonyl (C=O) groups excluding carboxylic acids is 1. The summed E-state index contributed by atoms with van der Waals surface area (Å²) in [5.74, 6) is -3.51. The maximum atomic E-state index is 12.9. The van der Waals surface area contributed by atoms with Crippen LogP contribution in [-0.2, 0) is 9.53 Å². The fourth-order valence-corrected chi connectivity index (χ4v) is 1.46. The Balaban J connectivity index is 3.05. The lowest BCUT2D eigenvalue weighted by Gasteiger charge is -2.25. The standard InChI is InChI=1S/C13H15F3O2/c1-12(2,3)18-11(17)10(13(14,15)16)9-7-5-4-6-8-9/h4-8,10H,1-3H3/t10-/m1/s1. The van der Waals surface area contributed by atoms with Crippen molar-refractivity contribution in [2.45, 2.75) is 38.5 Å². The summed E-state index contributed by atoms with van der Waals surface area (Å²) in [7, 11) is 0. The first-order valence-electron chi connectivity index (χ1n) is 5.46. The third kappa shape index (κ3) is 4.05. The van der Waals surface area contributed by atoms with E-state index in [9.17, 15) is 18.0 Å². The Morgan fingerprint density at radius 3 is 2.00 bits per heavy atom. The molecule has 0 N–H and O–H groups in total. The first-order chi connectivity index (χ1) is 8.11. The molecule has 0 fully saturated rings. The van der Waals surface area contributed by atoms with E-state index in [1.165, 1.54) is 45.0 Å². The lowest BCUT2D eigenvalue weighted by molar-refractivity contribution is -0.189. The van der Waals surface area contributed by atoms with Gasteiger partial charge in [0.2, 0.25) is 0 Å². The van der Waals surface area contributed by atoms with Crippen LogP contribution in [0.2, 0.25) is 0 Å². The molecule has 0 saturated heterocycles. The molecule has 0 aromatic heterocycles. The maximum Gasteiger partial charge on any atom is 0.406 e. The topological polar surface area (TPSA) is 26.3 Å². The van der Waals surface area contributed by atoms with Crippen molar-refractivity contribution in [3.8, 4) is 0 Å². The average molecular weight is 260 g/mol. The second-order valence-electron chi connectivity index (χ2n) is 4.92. The second-order valence-corrected chi connectivity index (χ2v) is 4.92. The molecule has 0 amide bonds. The summed E-state index contributed by atoms with van der Waals surface area (Å²) in [5, 5.41) is 0. The molecule has 1 atom stereocenters. The summed E-state index contributed by atoms with van der Waals surface area (Å²) in [6, 6.07) is 7.03. The predicted molar refractivity (Wildman–Crippen MR) is 61.1 cm³/mol. The van der Waals surface area contributed by atoms with Crippen molar-refractivity contribution < 1.29 is 22.7 Å². The first kappa shape index (κ1) is 14.5. The second kappa shape index (κ2) is 5.00. The van der Waals surface area contributed by atoms with Gasteiger partial charge in [-0.2, -0.15) is 13.2 Å². The first-order valence-corrected chi connectivity index (χ1v) is 5.46. The average Bonchev–Trinajstić information content (AvgIpc) is 2.13. The van der Waals surface area contributed by atoms with Crippen LogP contribution in [0.5, 0.6) is 0 Å². The van der Waals surface area contributed by atoms with Gasteiger partial charge in [-0.05, 0) is 26.3 Å². The van der Waals surface area contributed by atoms with E-state index in [4.69, 9.17) is 4.74 Å². The van der Waals surface area contributed by atoms with Crippen molar-refractivity contribution in [2.24, 2.45) is 0 Å². The van der Waals surface area contributed by atoms with Gasteiger partial charge in [-0.15, -0.1) is 0 Å². The number of halogens is 3. The van der Waals surface area contributed by atoms with Gasteiger partial charge in [-0.1, -0.05) is 30.3 Å². The summed E-state index contributed by atoms with van der Waals surface area (Å²) in [4.78, 5) is 11.7. The van der Waals surface area contributed by atoms with Crippen molar-refractivity contribution in [1.82, 2.24) is 0 Å². The molecule has 1 aromatic rings. The van der Waals surface area contributed by atoms with Gasteiger partial charge in [0.15, 0.2) is 5.92 Å². The van der Waals surface area contributed by atoms with Gasteiger partial charge < -0.3 is 4.74 Å². The van der Waals surface area contributed by atoms with Gasteiger partial charge in [0.05, 0.1) is 0 Å². The molecule has 0 aliphatic heterocycles. The van der Waals surface area contributed by atoms with E-state index in [0.717, 1.165) is 0 Å².